The summed E-state index contributed by atoms with van der Waals surface area (Å²) in [6.45, 7) is 0. The predicted octanol–water partition coefficient (Wildman–Crippen LogP) is 2.35. The molecule has 1 aliphatic rings. The Labute approximate surface area is 125 Å². The highest BCUT2D eigenvalue weighted by molar-refractivity contribution is 7.99. The van der Waals surface area contributed by atoms with E-state index in [0.29, 0.717) is 17.7 Å². The van der Waals surface area contributed by atoms with Gasteiger partial charge < -0.3 is 11.1 Å². The second kappa shape index (κ2) is 7.70. The molecule has 2 rings (SSSR count). The lowest BCUT2D eigenvalue weighted by Gasteiger charge is -2.21. The third-order valence-electron chi connectivity index (χ3n) is 4.01. The van der Waals surface area contributed by atoms with Gasteiger partial charge in [0.2, 0.25) is 5.91 Å². The lowest BCUT2D eigenvalue weighted by molar-refractivity contribution is -0.123. The van der Waals surface area contributed by atoms with Crippen LogP contribution in [0.3, 0.4) is 0 Å². The molecule has 3 nitrogen and oxygen atoms in total. The molecule has 110 valence electrons. The van der Waals surface area contributed by atoms with Crippen LogP contribution in [-0.4, -0.2) is 29.5 Å². The molecule has 0 saturated heterocycles. The van der Waals surface area contributed by atoms with Crippen molar-refractivity contribution in [2.24, 2.45) is 5.73 Å². The zero-order valence-corrected chi connectivity index (χ0v) is 12.9. The molecule has 1 amide bonds. The van der Waals surface area contributed by atoms with Crippen molar-refractivity contribution in [3.63, 3.8) is 0 Å². The molecule has 0 spiro atoms. The monoisotopic (exact) mass is 292 g/mol. The second-order valence-corrected chi connectivity index (χ2v) is 6.53. The molecule has 4 heteroatoms. The Morgan fingerprint density at radius 1 is 1.40 bits per heavy atom. The van der Waals surface area contributed by atoms with Gasteiger partial charge in [0.25, 0.3) is 0 Å². The van der Waals surface area contributed by atoms with E-state index in [0.717, 1.165) is 12.8 Å². The zero-order valence-electron chi connectivity index (χ0n) is 12.0. The van der Waals surface area contributed by atoms with Crippen molar-refractivity contribution in [1.29, 1.82) is 0 Å². The van der Waals surface area contributed by atoms with Gasteiger partial charge in [-0.3, -0.25) is 4.79 Å². The van der Waals surface area contributed by atoms with Crippen molar-refractivity contribution in [2.75, 3.05) is 6.26 Å². The van der Waals surface area contributed by atoms with E-state index in [9.17, 15) is 4.79 Å². The van der Waals surface area contributed by atoms with Crippen molar-refractivity contribution in [2.45, 2.75) is 49.4 Å². The maximum atomic E-state index is 12.1. The average Bonchev–Trinajstić information content (AvgIpc) is 2.93. The molecule has 0 aromatic heterocycles. The number of hydrogen-bond donors (Lipinski definition) is 2. The van der Waals surface area contributed by atoms with Crippen LogP contribution in [0.25, 0.3) is 0 Å². The summed E-state index contributed by atoms with van der Waals surface area (Å²) in [7, 11) is 0. The number of benzene rings is 1. The number of nitrogens with one attached hydrogen (secondary N) is 1. The summed E-state index contributed by atoms with van der Waals surface area (Å²) in [5.74, 6) is 0.00637. The van der Waals surface area contributed by atoms with E-state index in [-0.39, 0.29) is 5.91 Å². The minimum absolute atomic E-state index is 0.00637. The zero-order chi connectivity index (χ0) is 14.4. The fourth-order valence-electron chi connectivity index (χ4n) is 2.76. The number of thioether (sulfide) groups is 1. The van der Waals surface area contributed by atoms with Crippen molar-refractivity contribution in [1.82, 2.24) is 5.32 Å². The van der Waals surface area contributed by atoms with Crippen molar-refractivity contribution >= 4 is 17.7 Å². The molecule has 1 aliphatic carbocycles. The van der Waals surface area contributed by atoms with Crippen LogP contribution >= 0.6 is 11.8 Å². The lowest BCUT2D eigenvalue weighted by atomic mass is 10.0. The molecule has 0 bridgehead atoms. The number of amides is 1. The van der Waals surface area contributed by atoms with Crippen LogP contribution in [0.15, 0.2) is 30.3 Å². The number of carbonyl (C=O) groups is 1. The molecule has 1 saturated carbocycles. The highest BCUT2D eigenvalue weighted by Gasteiger charge is 2.28. The van der Waals surface area contributed by atoms with Crippen molar-refractivity contribution < 1.29 is 4.79 Å². The van der Waals surface area contributed by atoms with Crippen LogP contribution in [0, 0.1) is 0 Å². The highest BCUT2D eigenvalue weighted by Crippen LogP contribution is 2.28. The molecule has 1 aromatic carbocycles. The molecule has 1 fully saturated rings. The van der Waals surface area contributed by atoms with Crippen LogP contribution < -0.4 is 11.1 Å². The van der Waals surface area contributed by atoms with Gasteiger partial charge in [-0.1, -0.05) is 36.8 Å². The minimum Gasteiger partial charge on any atom is -0.351 e. The van der Waals surface area contributed by atoms with Gasteiger partial charge in [-0.25, -0.2) is 0 Å². The smallest absolute Gasteiger partial charge is 0.237 e. The molecule has 0 aliphatic heterocycles. The Kier molecular flexibility index (Phi) is 5.92. The molecular weight excluding hydrogens is 268 g/mol. The van der Waals surface area contributed by atoms with E-state index in [2.05, 4.69) is 23.7 Å². The van der Waals surface area contributed by atoms with Gasteiger partial charge in [-0.15, -0.1) is 0 Å². The van der Waals surface area contributed by atoms with Gasteiger partial charge in [0.1, 0.15) is 0 Å². The SMILES string of the molecule is CSC1CCCC1NC(=O)C(N)CCc1ccccc1. The summed E-state index contributed by atoms with van der Waals surface area (Å²) in [4.78, 5) is 12.1. The third kappa shape index (κ3) is 4.25. The Hall–Kier alpha value is -1.00. The van der Waals surface area contributed by atoms with Crippen LogP contribution in [0.1, 0.15) is 31.2 Å². The molecule has 1 aromatic rings. The molecule has 20 heavy (non-hydrogen) atoms. The number of carbonyl (C=O) groups excluding carboxylic acids is 1. The summed E-state index contributed by atoms with van der Waals surface area (Å²) in [6, 6.07) is 10.1. The highest BCUT2D eigenvalue weighted by atomic mass is 32.2. The van der Waals surface area contributed by atoms with Crippen molar-refractivity contribution in [3.8, 4) is 0 Å². The molecule has 3 N–H and O–H groups in total. The lowest BCUT2D eigenvalue weighted by Crippen LogP contribution is -2.47. The fourth-order valence-corrected chi connectivity index (χ4v) is 3.70. The largest absolute Gasteiger partial charge is 0.351 e. The maximum Gasteiger partial charge on any atom is 0.237 e. The van der Waals surface area contributed by atoms with Gasteiger partial charge in [0, 0.05) is 11.3 Å². The Morgan fingerprint density at radius 2 is 2.15 bits per heavy atom. The van der Waals surface area contributed by atoms with Gasteiger partial charge in [0.15, 0.2) is 0 Å². The van der Waals surface area contributed by atoms with E-state index in [1.165, 1.54) is 18.4 Å². The Balaban J connectivity index is 1.77. The van der Waals surface area contributed by atoms with Crippen LogP contribution in [0.5, 0.6) is 0 Å². The van der Waals surface area contributed by atoms with E-state index >= 15 is 0 Å². The van der Waals surface area contributed by atoms with Gasteiger partial charge in [-0.2, -0.15) is 11.8 Å². The normalized spacial score (nSPS) is 23.5. The van der Waals surface area contributed by atoms with Gasteiger partial charge in [-0.05, 0) is 37.5 Å². The molecule has 0 heterocycles. The number of rotatable bonds is 6. The third-order valence-corrected chi connectivity index (χ3v) is 5.18. The first kappa shape index (κ1) is 15.4. The van der Waals surface area contributed by atoms with E-state index in [1.807, 2.05) is 30.0 Å². The Morgan fingerprint density at radius 3 is 2.85 bits per heavy atom. The van der Waals surface area contributed by atoms with E-state index in [1.54, 1.807) is 0 Å². The Bertz CT molecular complexity index is 424. The predicted molar refractivity (Wildman–Crippen MR) is 85.8 cm³/mol. The molecular formula is C16H24N2OS. The second-order valence-electron chi connectivity index (χ2n) is 5.45. The summed E-state index contributed by atoms with van der Waals surface area (Å²) in [5.41, 5.74) is 7.25. The van der Waals surface area contributed by atoms with Crippen LogP contribution in [0.4, 0.5) is 0 Å². The number of hydrogen-bond acceptors (Lipinski definition) is 3. The quantitative estimate of drug-likeness (QED) is 0.846. The fraction of sp³-hybridized carbons (Fsp3) is 0.562. The van der Waals surface area contributed by atoms with E-state index in [4.69, 9.17) is 5.73 Å². The standard InChI is InChI=1S/C16H24N2OS/c1-20-15-9-5-8-14(15)18-16(19)13(17)11-10-12-6-3-2-4-7-12/h2-4,6-7,13-15H,5,8-11,17H2,1H3,(H,18,19). The van der Waals surface area contributed by atoms with E-state index < -0.39 is 6.04 Å². The number of aryl methyl sites for hydroxylation is 1. The maximum absolute atomic E-state index is 12.1. The summed E-state index contributed by atoms with van der Waals surface area (Å²) in [5, 5.41) is 3.69. The minimum atomic E-state index is -0.404. The summed E-state index contributed by atoms with van der Waals surface area (Å²) < 4.78 is 0. The average molecular weight is 292 g/mol. The summed E-state index contributed by atoms with van der Waals surface area (Å²) in [6.07, 6.45) is 7.16. The van der Waals surface area contributed by atoms with Crippen LogP contribution in [0.2, 0.25) is 0 Å². The van der Waals surface area contributed by atoms with Gasteiger partial charge >= 0.3 is 0 Å². The van der Waals surface area contributed by atoms with Crippen LogP contribution in [-0.2, 0) is 11.2 Å². The molecule has 3 atom stereocenters. The van der Waals surface area contributed by atoms with Gasteiger partial charge in [0.05, 0.1) is 6.04 Å². The number of nitrogens with two attached hydrogens (primary N) is 1. The molecule has 0 radical (unpaired) electrons. The first-order chi connectivity index (χ1) is 9.70. The van der Waals surface area contributed by atoms with Crippen molar-refractivity contribution in [3.05, 3.63) is 35.9 Å². The molecule has 3 unspecified atom stereocenters. The first-order valence-electron chi connectivity index (χ1n) is 7.33. The topological polar surface area (TPSA) is 55.1 Å². The first-order valence-corrected chi connectivity index (χ1v) is 8.62. The summed E-state index contributed by atoms with van der Waals surface area (Å²) >= 11 is 1.85.